The Morgan fingerprint density at radius 3 is 2.74 bits per heavy atom. The zero-order valence-corrected chi connectivity index (χ0v) is 11.4. The first-order chi connectivity index (χ1) is 8.89. The van der Waals surface area contributed by atoms with Crippen LogP contribution in [-0.2, 0) is 0 Å². The smallest absolute Gasteiger partial charge is 0.276 e. The molecule has 0 saturated heterocycles. The zero-order chi connectivity index (χ0) is 14.0. The summed E-state index contributed by atoms with van der Waals surface area (Å²) >= 11 is 5.78. The van der Waals surface area contributed by atoms with Gasteiger partial charge in [0.2, 0.25) is 0 Å². The molecule has 6 nitrogen and oxygen atoms in total. The fourth-order valence-corrected chi connectivity index (χ4v) is 2.68. The van der Waals surface area contributed by atoms with Crippen LogP contribution in [-0.4, -0.2) is 34.2 Å². The van der Waals surface area contributed by atoms with E-state index in [4.69, 9.17) is 11.6 Å². The fourth-order valence-electron chi connectivity index (χ4n) is 2.48. The van der Waals surface area contributed by atoms with Gasteiger partial charge in [-0.3, -0.25) is 10.1 Å². The van der Waals surface area contributed by atoms with Crippen LogP contribution in [0, 0.1) is 10.1 Å². The van der Waals surface area contributed by atoms with Crippen molar-refractivity contribution < 1.29 is 10.0 Å². The number of halogens is 1. The number of aliphatic hydroxyl groups is 1. The van der Waals surface area contributed by atoms with Crippen LogP contribution in [0.3, 0.4) is 0 Å². The molecule has 1 N–H and O–H groups in total. The Morgan fingerprint density at radius 2 is 2.16 bits per heavy atom. The molecule has 1 fully saturated rings. The summed E-state index contributed by atoms with van der Waals surface area (Å²) in [7, 11) is 1.75. The molecule has 0 aliphatic heterocycles. The molecule has 0 radical (unpaired) electrons. The molecule has 0 spiro atoms. The van der Waals surface area contributed by atoms with E-state index in [0.29, 0.717) is 12.4 Å². The summed E-state index contributed by atoms with van der Waals surface area (Å²) in [4.78, 5) is 16.1. The topological polar surface area (TPSA) is 79.5 Å². The summed E-state index contributed by atoms with van der Waals surface area (Å²) in [5, 5.41) is 21.2. The van der Waals surface area contributed by atoms with Crippen molar-refractivity contribution in [1.82, 2.24) is 4.98 Å². The molecule has 0 atom stereocenters. The molecule has 1 aliphatic carbocycles. The van der Waals surface area contributed by atoms with Gasteiger partial charge in [0, 0.05) is 13.6 Å². The number of anilines is 1. The molecule has 0 bridgehead atoms. The van der Waals surface area contributed by atoms with Gasteiger partial charge in [-0.1, -0.05) is 24.4 Å². The van der Waals surface area contributed by atoms with Crippen LogP contribution in [0.15, 0.2) is 12.1 Å². The zero-order valence-electron chi connectivity index (χ0n) is 10.7. The van der Waals surface area contributed by atoms with Crippen LogP contribution in [0.5, 0.6) is 0 Å². The maximum absolute atomic E-state index is 10.8. The van der Waals surface area contributed by atoms with Gasteiger partial charge >= 0.3 is 0 Å². The molecule has 1 aliphatic rings. The normalized spacial score (nSPS) is 17.4. The van der Waals surface area contributed by atoms with Crippen molar-refractivity contribution in [3.05, 3.63) is 27.4 Å². The Balaban J connectivity index is 2.18. The van der Waals surface area contributed by atoms with Crippen molar-refractivity contribution in [3.8, 4) is 0 Å². The molecular formula is C12H16ClN3O3. The number of rotatable bonds is 4. The monoisotopic (exact) mass is 285 g/mol. The molecule has 19 heavy (non-hydrogen) atoms. The minimum atomic E-state index is -0.729. The first kappa shape index (κ1) is 14.0. The van der Waals surface area contributed by atoms with Gasteiger partial charge < -0.3 is 10.0 Å². The lowest BCUT2D eigenvalue weighted by atomic mass is 10.0. The van der Waals surface area contributed by atoms with E-state index in [1.165, 1.54) is 12.1 Å². The lowest BCUT2D eigenvalue weighted by Crippen LogP contribution is -2.39. The molecule has 1 heterocycles. The number of nitro groups is 1. The summed E-state index contributed by atoms with van der Waals surface area (Å²) in [5.41, 5.74) is -0.826. The Hall–Kier alpha value is -1.40. The van der Waals surface area contributed by atoms with E-state index in [0.717, 1.165) is 25.7 Å². The predicted octanol–water partition coefficient (Wildman–Crippen LogP) is 2.38. The second-order valence-corrected chi connectivity index (χ2v) is 5.44. The van der Waals surface area contributed by atoms with Crippen LogP contribution >= 0.6 is 11.6 Å². The first-order valence-electron chi connectivity index (χ1n) is 6.15. The molecular weight excluding hydrogens is 270 g/mol. The number of pyridine rings is 1. The molecule has 1 aromatic rings. The van der Waals surface area contributed by atoms with Gasteiger partial charge in [0.1, 0.15) is 11.0 Å². The average Bonchev–Trinajstić information content (AvgIpc) is 2.74. The number of nitrogens with zero attached hydrogens (tertiary/aromatic N) is 3. The highest BCUT2D eigenvalue weighted by Gasteiger charge is 2.32. The van der Waals surface area contributed by atoms with Crippen molar-refractivity contribution in [3.63, 3.8) is 0 Å². The number of aromatic nitrogens is 1. The Morgan fingerprint density at radius 1 is 1.53 bits per heavy atom. The van der Waals surface area contributed by atoms with E-state index < -0.39 is 10.5 Å². The lowest BCUT2D eigenvalue weighted by Gasteiger charge is -2.29. The SMILES string of the molecule is CN(CC1(O)CCCC1)c1cc([N+](=O)[O-])cc(Cl)n1. The molecule has 0 aromatic carbocycles. The minimum Gasteiger partial charge on any atom is -0.388 e. The summed E-state index contributed by atoms with van der Waals surface area (Å²) in [6.07, 6.45) is 3.51. The van der Waals surface area contributed by atoms with Crippen LogP contribution in [0.25, 0.3) is 0 Å². The standard InChI is InChI=1S/C12H16ClN3O3/c1-15(8-12(17)4-2-3-5-12)11-7-9(16(18)19)6-10(13)14-11/h6-7,17H,2-5,8H2,1H3. The maximum Gasteiger partial charge on any atom is 0.276 e. The number of likely N-dealkylation sites (N-methyl/N-ethyl adjacent to an activating group) is 1. The van der Waals surface area contributed by atoms with Gasteiger partial charge in [-0.25, -0.2) is 4.98 Å². The van der Waals surface area contributed by atoms with E-state index in [-0.39, 0.29) is 10.8 Å². The van der Waals surface area contributed by atoms with Gasteiger partial charge in [0.05, 0.1) is 22.7 Å². The van der Waals surface area contributed by atoms with Gasteiger partial charge in [0.25, 0.3) is 5.69 Å². The first-order valence-corrected chi connectivity index (χ1v) is 6.53. The summed E-state index contributed by atoms with van der Waals surface area (Å²) in [6, 6.07) is 2.58. The molecule has 1 saturated carbocycles. The van der Waals surface area contributed by atoms with E-state index in [1.807, 2.05) is 0 Å². The highest BCUT2D eigenvalue weighted by atomic mass is 35.5. The largest absolute Gasteiger partial charge is 0.388 e. The van der Waals surface area contributed by atoms with Crippen molar-refractivity contribution >= 4 is 23.1 Å². The summed E-state index contributed by atoms with van der Waals surface area (Å²) in [6.45, 7) is 0.400. The molecule has 0 unspecified atom stereocenters. The predicted molar refractivity (Wildman–Crippen MR) is 72.6 cm³/mol. The van der Waals surface area contributed by atoms with Crippen molar-refractivity contribution in [1.29, 1.82) is 0 Å². The second-order valence-electron chi connectivity index (χ2n) is 5.05. The Kier molecular flexibility index (Phi) is 3.91. The fraction of sp³-hybridized carbons (Fsp3) is 0.583. The van der Waals surface area contributed by atoms with E-state index in [1.54, 1.807) is 11.9 Å². The third-order valence-electron chi connectivity index (χ3n) is 3.43. The van der Waals surface area contributed by atoms with Crippen molar-refractivity contribution in [2.45, 2.75) is 31.3 Å². The molecule has 1 aromatic heterocycles. The van der Waals surface area contributed by atoms with Crippen molar-refractivity contribution in [2.24, 2.45) is 0 Å². The summed E-state index contributed by atoms with van der Waals surface area (Å²) in [5.74, 6) is 0.402. The number of hydrogen-bond acceptors (Lipinski definition) is 5. The Bertz CT molecular complexity index is 489. The minimum absolute atomic E-state index is 0.0782. The maximum atomic E-state index is 10.8. The molecule has 2 rings (SSSR count). The summed E-state index contributed by atoms with van der Waals surface area (Å²) < 4.78 is 0. The lowest BCUT2D eigenvalue weighted by molar-refractivity contribution is -0.384. The third-order valence-corrected chi connectivity index (χ3v) is 3.63. The number of hydrogen-bond donors (Lipinski definition) is 1. The van der Waals surface area contributed by atoms with Gasteiger partial charge in [-0.05, 0) is 12.8 Å². The molecule has 7 heteroatoms. The van der Waals surface area contributed by atoms with Gasteiger partial charge in [0.15, 0.2) is 0 Å². The van der Waals surface area contributed by atoms with Crippen LogP contribution < -0.4 is 4.90 Å². The van der Waals surface area contributed by atoms with Gasteiger partial charge in [-0.15, -0.1) is 0 Å². The highest BCUT2D eigenvalue weighted by Crippen LogP contribution is 2.31. The average molecular weight is 286 g/mol. The third kappa shape index (κ3) is 3.33. The Labute approximate surface area is 116 Å². The molecule has 104 valence electrons. The highest BCUT2D eigenvalue weighted by molar-refractivity contribution is 6.29. The van der Waals surface area contributed by atoms with Crippen LogP contribution in [0.2, 0.25) is 5.15 Å². The van der Waals surface area contributed by atoms with Crippen LogP contribution in [0.4, 0.5) is 11.5 Å². The molecule has 0 amide bonds. The van der Waals surface area contributed by atoms with Crippen molar-refractivity contribution in [2.75, 3.05) is 18.5 Å². The van der Waals surface area contributed by atoms with Gasteiger partial charge in [-0.2, -0.15) is 0 Å². The van der Waals surface area contributed by atoms with E-state index in [2.05, 4.69) is 4.98 Å². The van der Waals surface area contributed by atoms with E-state index in [9.17, 15) is 15.2 Å². The quantitative estimate of drug-likeness (QED) is 0.522. The second kappa shape index (κ2) is 5.30. The van der Waals surface area contributed by atoms with E-state index >= 15 is 0 Å². The van der Waals surface area contributed by atoms with Crippen LogP contribution in [0.1, 0.15) is 25.7 Å².